The molecule has 0 fully saturated rings. The molecule has 1 atom stereocenters. The molecule has 0 amide bonds. The van der Waals surface area contributed by atoms with E-state index >= 15 is 0 Å². The van der Waals surface area contributed by atoms with Crippen LogP contribution in [0.1, 0.15) is 17.2 Å². The minimum Gasteiger partial charge on any atom is -0.324 e. The first-order valence-electron chi connectivity index (χ1n) is 5.51. The molecule has 0 aliphatic rings. The normalized spacial score (nSPS) is 12.4. The van der Waals surface area contributed by atoms with Crippen LogP contribution in [0.25, 0.3) is 0 Å². The van der Waals surface area contributed by atoms with Gasteiger partial charge in [0.05, 0.1) is 0 Å². The Kier molecular flexibility index (Phi) is 4.68. The topological polar surface area (TPSA) is 26.0 Å². The molecule has 0 saturated heterocycles. The molecular formula is C14H12BrCl2N. The van der Waals surface area contributed by atoms with Gasteiger partial charge in [0.1, 0.15) is 0 Å². The summed E-state index contributed by atoms with van der Waals surface area (Å²) in [6, 6.07) is 13.4. The minimum absolute atomic E-state index is 0.0822. The van der Waals surface area contributed by atoms with E-state index in [0.29, 0.717) is 16.5 Å². The SMILES string of the molecule is NC(Cc1ccc(Cl)cc1Cl)c1cccc(Br)c1. The van der Waals surface area contributed by atoms with Crippen molar-refractivity contribution in [3.8, 4) is 0 Å². The van der Waals surface area contributed by atoms with Gasteiger partial charge in [0.15, 0.2) is 0 Å². The predicted molar refractivity (Wildman–Crippen MR) is 81.2 cm³/mol. The molecule has 0 aliphatic carbocycles. The Morgan fingerprint density at radius 2 is 1.89 bits per heavy atom. The van der Waals surface area contributed by atoms with Crippen LogP contribution in [0.3, 0.4) is 0 Å². The van der Waals surface area contributed by atoms with E-state index in [1.165, 1.54) is 0 Å². The molecule has 0 radical (unpaired) electrons. The smallest absolute Gasteiger partial charge is 0.0453 e. The molecule has 0 aliphatic heterocycles. The molecule has 0 aromatic heterocycles. The van der Waals surface area contributed by atoms with Gasteiger partial charge in [-0.05, 0) is 41.8 Å². The molecule has 2 N–H and O–H groups in total. The zero-order chi connectivity index (χ0) is 13.1. The summed E-state index contributed by atoms with van der Waals surface area (Å²) in [5.41, 5.74) is 8.28. The van der Waals surface area contributed by atoms with Crippen molar-refractivity contribution in [1.29, 1.82) is 0 Å². The van der Waals surface area contributed by atoms with Crippen molar-refractivity contribution in [2.24, 2.45) is 5.73 Å². The van der Waals surface area contributed by atoms with E-state index in [1.54, 1.807) is 6.07 Å². The Morgan fingerprint density at radius 1 is 1.11 bits per heavy atom. The summed E-state index contributed by atoms with van der Waals surface area (Å²) in [4.78, 5) is 0. The van der Waals surface area contributed by atoms with Crippen molar-refractivity contribution < 1.29 is 0 Å². The number of rotatable bonds is 3. The van der Waals surface area contributed by atoms with Gasteiger partial charge in [-0.1, -0.05) is 57.3 Å². The molecule has 1 nitrogen and oxygen atoms in total. The largest absolute Gasteiger partial charge is 0.324 e. The Hall–Kier alpha value is -0.540. The molecule has 2 aromatic carbocycles. The number of hydrogen-bond acceptors (Lipinski definition) is 1. The molecule has 2 aromatic rings. The Balaban J connectivity index is 2.18. The second kappa shape index (κ2) is 6.07. The molecule has 4 heteroatoms. The van der Waals surface area contributed by atoms with Crippen molar-refractivity contribution >= 4 is 39.1 Å². The first kappa shape index (κ1) is 13.9. The number of benzene rings is 2. The maximum Gasteiger partial charge on any atom is 0.0453 e. The number of halogens is 3. The van der Waals surface area contributed by atoms with Crippen molar-refractivity contribution in [3.05, 3.63) is 68.1 Å². The second-order valence-corrected chi connectivity index (χ2v) is 5.86. The molecule has 18 heavy (non-hydrogen) atoms. The van der Waals surface area contributed by atoms with Crippen LogP contribution in [0.4, 0.5) is 0 Å². The second-order valence-electron chi connectivity index (χ2n) is 4.10. The summed E-state index contributed by atoms with van der Waals surface area (Å²) in [5, 5.41) is 1.30. The van der Waals surface area contributed by atoms with Gasteiger partial charge >= 0.3 is 0 Å². The van der Waals surface area contributed by atoms with Gasteiger partial charge in [0.2, 0.25) is 0 Å². The summed E-state index contributed by atoms with van der Waals surface area (Å²) in [7, 11) is 0. The fourth-order valence-electron chi connectivity index (χ4n) is 1.78. The van der Waals surface area contributed by atoms with Crippen molar-refractivity contribution in [1.82, 2.24) is 0 Å². The van der Waals surface area contributed by atoms with Crippen LogP contribution < -0.4 is 5.73 Å². The van der Waals surface area contributed by atoms with Crippen LogP contribution in [0, 0.1) is 0 Å². The van der Waals surface area contributed by atoms with Gasteiger partial charge in [0.25, 0.3) is 0 Å². The molecule has 0 saturated carbocycles. The number of hydrogen-bond donors (Lipinski definition) is 1. The molecular weight excluding hydrogens is 333 g/mol. The lowest BCUT2D eigenvalue weighted by Crippen LogP contribution is -2.13. The van der Waals surface area contributed by atoms with Crippen LogP contribution in [0.5, 0.6) is 0 Å². The van der Waals surface area contributed by atoms with E-state index < -0.39 is 0 Å². The van der Waals surface area contributed by atoms with Gasteiger partial charge < -0.3 is 5.73 Å². The van der Waals surface area contributed by atoms with Crippen LogP contribution in [0.15, 0.2) is 46.9 Å². The fraction of sp³-hybridized carbons (Fsp3) is 0.143. The van der Waals surface area contributed by atoms with Crippen molar-refractivity contribution in [2.45, 2.75) is 12.5 Å². The third-order valence-electron chi connectivity index (χ3n) is 2.73. The van der Waals surface area contributed by atoms with Crippen LogP contribution in [-0.4, -0.2) is 0 Å². The van der Waals surface area contributed by atoms with E-state index in [9.17, 15) is 0 Å². The Labute approximate surface area is 125 Å². The summed E-state index contributed by atoms with van der Waals surface area (Å²) < 4.78 is 1.03. The maximum absolute atomic E-state index is 6.19. The average Bonchev–Trinajstić information content (AvgIpc) is 2.32. The first-order valence-corrected chi connectivity index (χ1v) is 7.06. The fourth-order valence-corrected chi connectivity index (χ4v) is 2.68. The standard InChI is InChI=1S/C14H12BrCl2N/c15-11-3-1-2-10(6-11)14(18)7-9-4-5-12(16)8-13(9)17/h1-6,8,14H,7,18H2. The highest BCUT2D eigenvalue weighted by Crippen LogP contribution is 2.26. The Morgan fingerprint density at radius 3 is 2.56 bits per heavy atom. The summed E-state index contributed by atoms with van der Waals surface area (Å²) >= 11 is 15.5. The van der Waals surface area contributed by atoms with Gasteiger partial charge in [-0.25, -0.2) is 0 Å². The van der Waals surface area contributed by atoms with Gasteiger partial charge in [-0.15, -0.1) is 0 Å². The van der Waals surface area contributed by atoms with Crippen LogP contribution >= 0.6 is 39.1 Å². The van der Waals surface area contributed by atoms with Crippen LogP contribution in [-0.2, 0) is 6.42 Å². The molecule has 2 rings (SSSR count). The van der Waals surface area contributed by atoms with E-state index in [1.807, 2.05) is 36.4 Å². The quantitative estimate of drug-likeness (QED) is 0.833. The zero-order valence-electron chi connectivity index (χ0n) is 9.54. The molecule has 0 heterocycles. The van der Waals surface area contributed by atoms with Crippen molar-refractivity contribution in [3.63, 3.8) is 0 Å². The van der Waals surface area contributed by atoms with Gasteiger partial charge in [-0.3, -0.25) is 0 Å². The van der Waals surface area contributed by atoms with Gasteiger partial charge in [-0.2, -0.15) is 0 Å². The third-order valence-corrected chi connectivity index (χ3v) is 3.81. The highest BCUT2D eigenvalue weighted by molar-refractivity contribution is 9.10. The highest BCUT2D eigenvalue weighted by atomic mass is 79.9. The minimum atomic E-state index is -0.0822. The Bertz CT molecular complexity index is 557. The van der Waals surface area contributed by atoms with Crippen LogP contribution in [0.2, 0.25) is 10.0 Å². The van der Waals surface area contributed by atoms with Gasteiger partial charge in [0, 0.05) is 20.6 Å². The third kappa shape index (κ3) is 3.48. The molecule has 1 unspecified atom stereocenters. The summed E-state index contributed by atoms with van der Waals surface area (Å²) in [6.07, 6.45) is 0.687. The average molecular weight is 345 g/mol. The lowest BCUT2D eigenvalue weighted by atomic mass is 10.00. The highest BCUT2D eigenvalue weighted by Gasteiger charge is 2.10. The summed E-state index contributed by atoms with van der Waals surface area (Å²) in [5.74, 6) is 0. The van der Waals surface area contributed by atoms with E-state index in [4.69, 9.17) is 28.9 Å². The van der Waals surface area contributed by atoms with E-state index in [2.05, 4.69) is 15.9 Å². The first-order chi connectivity index (χ1) is 8.56. The maximum atomic E-state index is 6.19. The molecule has 94 valence electrons. The monoisotopic (exact) mass is 343 g/mol. The van der Waals surface area contributed by atoms with E-state index in [-0.39, 0.29) is 6.04 Å². The summed E-state index contributed by atoms with van der Waals surface area (Å²) in [6.45, 7) is 0. The molecule has 0 bridgehead atoms. The van der Waals surface area contributed by atoms with E-state index in [0.717, 1.165) is 15.6 Å². The number of nitrogens with two attached hydrogens (primary N) is 1. The molecule has 0 spiro atoms. The van der Waals surface area contributed by atoms with Crippen molar-refractivity contribution in [2.75, 3.05) is 0 Å². The zero-order valence-corrected chi connectivity index (χ0v) is 12.6. The predicted octanol–water partition coefficient (Wildman–Crippen LogP) is 5.00. The lowest BCUT2D eigenvalue weighted by Gasteiger charge is -2.13. The lowest BCUT2D eigenvalue weighted by molar-refractivity contribution is 0.721.